The summed E-state index contributed by atoms with van der Waals surface area (Å²) >= 11 is 0. The molecule has 1 aliphatic carbocycles. The van der Waals surface area contributed by atoms with Crippen molar-refractivity contribution in [2.24, 2.45) is 5.92 Å². The van der Waals surface area contributed by atoms with Crippen LogP contribution in [0.15, 0.2) is 24.3 Å². The molecule has 0 aromatic heterocycles. The minimum atomic E-state index is -0.919. The van der Waals surface area contributed by atoms with Gasteiger partial charge in [0.1, 0.15) is 11.4 Å². The van der Waals surface area contributed by atoms with Gasteiger partial charge in [0.2, 0.25) is 0 Å². The fourth-order valence-corrected chi connectivity index (χ4v) is 2.70. The lowest BCUT2D eigenvalue weighted by Crippen LogP contribution is -2.60. The molecule has 110 valence electrons. The third-order valence-electron chi connectivity index (χ3n) is 3.90. The molecule has 20 heavy (non-hydrogen) atoms. The van der Waals surface area contributed by atoms with Crippen LogP contribution in [0.3, 0.4) is 0 Å². The van der Waals surface area contributed by atoms with Gasteiger partial charge in [-0.2, -0.15) is 0 Å². The van der Waals surface area contributed by atoms with Crippen LogP contribution in [0.4, 0.5) is 10.1 Å². The first-order chi connectivity index (χ1) is 9.49. The van der Waals surface area contributed by atoms with Crippen LogP contribution in [-0.2, 0) is 4.79 Å². The molecule has 4 nitrogen and oxygen atoms in total. The first kappa shape index (κ1) is 14.8. The Morgan fingerprint density at radius 1 is 1.45 bits per heavy atom. The first-order valence-corrected chi connectivity index (χ1v) is 6.94. The van der Waals surface area contributed by atoms with E-state index in [1.165, 1.54) is 12.1 Å². The summed E-state index contributed by atoms with van der Waals surface area (Å²) in [5, 5.41) is 12.8. The van der Waals surface area contributed by atoms with Crippen molar-refractivity contribution in [3.8, 4) is 0 Å². The topological polar surface area (TPSA) is 52.6 Å². The highest BCUT2D eigenvalue weighted by Gasteiger charge is 2.51. The Bertz CT molecular complexity index is 473. The molecule has 1 unspecified atom stereocenters. The highest BCUT2D eigenvalue weighted by Crippen LogP contribution is 2.40. The average Bonchev–Trinajstić information content (AvgIpc) is 3.23. The number of likely N-dealkylation sites (N-methyl/N-ethyl adjacent to an activating group) is 2. The number of benzene rings is 1. The van der Waals surface area contributed by atoms with Crippen LogP contribution in [0.25, 0.3) is 0 Å². The summed E-state index contributed by atoms with van der Waals surface area (Å²) in [6.45, 7) is 2.89. The van der Waals surface area contributed by atoms with Gasteiger partial charge in [-0.3, -0.25) is 4.79 Å². The molecule has 0 spiro atoms. The van der Waals surface area contributed by atoms with Crippen LogP contribution >= 0.6 is 0 Å². The Hall–Kier alpha value is -1.62. The van der Waals surface area contributed by atoms with Crippen LogP contribution in [0.1, 0.15) is 19.8 Å². The zero-order chi connectivity index (χ0) is 14.8. The Balaban J connectivity index is 2.18. The van der Waals surface area contributed by atoms with Crippen molar-refractivity contribution in [1.29, 1.82) is 0 Å². The lowest BCUT2D eigenvalue weighted by Gasteiger charge is -2.35. The second-order valence-corrected chi connectivity index (χ2v) is 5.41. The molecular formula is C15H21FN2O2. The van der Waals surface area contributed by atoms with Gasteiger partial charge in [-0.05, 0) is 49.6 Å². The Labute approximate surface area is 118 Å². The van der Waals surface area contributed by atoms with Crippen molar-refractivity contribution in [2.45, 2.75) is 25.3 Å². The molecule has 0 radical (unpaired) electrons. The van der Waals surface area contributed by atoms with E-state index in [4.69, 9.17) is 0 Å². The minimum absolute atomic E-state index is 0.169. The molecule has 0 bridgehead atoms. The molecule has 1 saturated carbocycles. The monoisotopic (exact) mass is 280 g/mol. The number of rotatable bonds is 7. The SMILES string of the molecule is CCNC(CN(C)c1ccc(F)cc1)(C(=O)O)C1CC1. The first-order valence-electron chi connectivity index (χ1n) is 6.94. The molecule has 2 rings (SSSR count). The van der Waals surface area contributed by atoms with Gasteiger partial charge in [0, 0.05) is 19.3 Å². The molecular weight excluding hydrogens is 259 g/mol. The van der Waals surface area contributed by atoms with E-state index in [2.05, 4.69) is 5.32 Å². The summed E-state index contributed by atoms with van der Waals surface area (Å²) in [7, 11) is 1.84. The van der Waals surface area contributed by atoms with E-state index < -0.39 is 11.5 Å². The molecule has 0 amide bonds. The Morgan fingerprint density at radius 2 is 2.05 bits per heavy atom. The zero-order valence-corrected chi connectivity index (χ0v) is 11.9. The van der Waals surface area contributed by atoms with E-state index in [1.807, 2.05) is 18.9 Å². The molecule has 1 fully saturated rings. The molecule has 1 aromatic carbocycles. The van der Waals surface area contributed by atoms with Crippen molar-refractivity contribution in [3.05, 3.63) is 30.1 Å². The number of aliphatic carboxylic acids is 1. The fourth-order valence-electron chi connectivity index (χ4n) is 2.70. The van der Waals surface area contributed by atoms with Crippen molar-refractivity contribution >= 4 is 11.7 Å². The average molecular weight is 280 g/mol. The van der Waals surface area contributed by atoms with Crippen LogP contribution in [0.5, 0.6) is 0 Å². The summed E-state index contributed by atoms with van der Waals surface area (Å²) in [6, 6.07) is 6.11. The maximum Gasteiger partial charge on any atom is 0.326 e. The number of carbonyl (C=O) groups is 1. The highest BCUT2D eigenvalue weighted by atomic mass is 19.1. The van der Waals surface area contributed by atoms with Crippen LogP contribution < -0.4 is 10.2 Å². The summed E-state index contributed by atoms with van der Waals surface area (Å²) in [6.07, 6.45) is 1.88. The second-order valence-electron chi connectivity index (χ2n) is 5.41. The molecule has 2 N–H and O–H groups in total. The molecule has 5 heteroatoms. The van der Waals surface area contributed by atoms with E-state index in [0.717, 1.165) is 18.5 Å². The largest absolute Gasteiger partial charge is 0.480 e. The summed E-state index contributed by atoms with van der Waals surface area (Å²) in [5.74, 6) is -0.931. The van der Waals surface area contributed by atoms with Gasteiger partial charge in [0.25, 0.3) is 0 Å². The Morgan fingerprint density at radius 3 is 2.50 bits per heavy atom. The predicted molar refractivity (Wildman–Crippen MR) is 76.4 cm³/mol. The number of halogens is 1. The van der Waals surface area contributed by atoms with Crippen molar-refractivity contribution in [3.63, 3.8) is 0 Å². The smallest absolute Gasteiger partial charge is 0.326 e. The van der Waals surface area contributed by atoms with E-state index >= 15 is 0 Å². The summed E-state index contributed by atoms with van der Waals surface area (Å²) < 4.78 is 13.0. The molecule has 1 aliphatic rings. The van der Waals surface area contributed by atoms with Crippen molar-refractivity contribution < 1.29 is 14.3 Å². The second kappa shape index (κ2) is 5.79. The number of hydrogen-bond acceptors (Lipinski definition) is 3. The fraction of sp³-hybridized carbons (Fsp3) is 0.533. The maximum atomic E-state index is 13.0. The third-order valence-corrected chi connectivity index (χ3v) is 3.90. The standard InChI is InChI=1S/C15H21FN2O2/c1-3-17-15(14(19)20,11-4-5-11)10-18(2)13-8-6-12(16)7-9-13/h6-9,11,17H,3-5,10H2,1-2H3,(H,19,20). The number of carboxylic acids is 1. The van der Waals surface area contributed by atoms with Gasteiger partial charge in [-0.1, -0.05) is 6.92 Å². The van der Waals surface area contributed by atoms with Crippen LogP contribution in [0, 0.1) is 11.7 Å². The van der Waals surface area contributed by atoms with Gasteiger partial charge in [0.15, 0.2) is 0 Å². The molecule has 0 saturated heterocycles. The predicted octanol–water partition coefficient (Wildman–Crippen LogP) is 2.10. The van der Waals surface area contributed by atoms with E-state index in [0.29, 0.717) is 13.1 Å². The number of nitrogens with zero attached hydrogens (tertiary/aromatic N) is 1. The van der Waals surface area contributed by atoms with Gasteiger partial charge < -0.3 is 15.3 Å². The maximum absolute atomic E-state index is 13.0. The summed E-state index contributed by atoms with van der Waals surface area (Å²) in [5.41, 5.74) is -0.103. The van der Waals surface area contributed by atoms with Crippen LogP contribution in [0.2, 0.25) is 0 Å². The van der Waals surface area contributed by atoms with E-state index in [-0.39, 0.29) is 11.7 Å². The van der Waals surface area contributed by atoms with Crippen molar-refractivity contribution in [2.75, 3.05) is 25.0 Å². The normalized spacial score (nSPS) is 17.6. The lowest BCUT2D eigenvalue weighted by atomic mass is 9.92. The third kappa shape index (κ3) is 2.93. The van der Waals surface area contributed by atoms with Gasteiger partial charge in [-0.25, -0.2) is 4.39 Å². The number of nitrogens with one attached hydrogen (secondary N) is 1. The molecule has 0 heterocycles. The lowest BCUT2D eigenvalue weighted by molar-refractivity contribution is -0.145. The Kier molecular flexibility index (Phi) is 4.28. The number of anilines is 1. The number of hydrogen-bond donors (Lipinski definition) is 2. The van der Waals surface area contributed by atoms with Crippen molar-refractivity contribution in [1.82, 2.24) is 5.32 Å². The van der Waals surface area contributed by atoms with E-state index in [9.17, 15) is 14.3 Å². The minimum Gasteiger partial charge on any atom is -0.480 e. The zero-order valence-electron chi connectivity index (χ0n) is 11.9. The van der Waals surface area contributed by atoms with Gasteiger partial charge in [-0.15, -0.1) is 0 Å². The molecule has 0 aliphatic heterocycles. The quantitative estimate of drug-likeness (QED) is 0.803. The van der Waals surface area contributed by atoms with Gasteiger partial charge in [0.05, 0.1) is 0 Å². The van der Waals surface area contributed by atoms with Gasteiger partial charge >= 0.3 is 5.97 Å². The highest BCUT2D eigenvalue weighted by molar-refractivity contribution is 5.81. The molecule has 1 aromatic rings. The van der Waals surface area contributed by atoms with Crippen LogP contribution in [-0.4, -0.2) is 36.8 Å². The number of carboxylic acid groups (broad SMARTS) is 1. The van der Waals surface area contributed by atoms with E-state index in [1.54, 1.807) is 12.1 Å². The molecule has 1 atom stereocenters. The summed E-state index contributed by atoms with van der Waals surface area (Å²) in [4.78, 5) is 13.6.